The Morgan fingerprint density at radius 3 is 2.70 bits per heavy atom. The Balaban J connectivity index is 0.000000829. The smallest absolute Gasteiger partial charge is 0.223 e. The first-order valence-electron chi connectivity index (χ1n) is 7.27. The lowest BCUT2D eigenvalue weighted by atomic mass is 10.1. The van der Waals surface area contributed by atoms with Gasteiger partial charge in [-0.15, -0.1) is 0 Å². The van der Waals surface area contributed by atoms with Crippen LogP contribution in [0.1, 0.15) is 58.3 Å². The fraction of sp³-hybridized carbons (Fsp3) is 0.714. The van der Waals surface area contributed by atoms with Crippen molar-refractivity contribution in [2.75, 3.05) is 13.7 Å². The second kappa shape index (κ2) is 10.5. The summed E-state index contributed by atoms with van der Waals surface area (Å²) in [6.07, 6.45) is 5.13. The zero-order valence-electron chi connectivity index (χ0n) is 13.0. The second-order valence-corrected chi connectivity index (χ2v) is 4.22. The summed E-state index contributed by atoms with van der Waals surface area (Å²) in [5.41, 5.74) is 0.560. The fourth-order valence-electron chi connectivity index (χ4n) is 2.23. The highest BCUT2D eigenvalue weighted by Crippen LogP contribution is 2.29. The van der Waals surface area contributed by atoms with Gasteiger partial charge in [-0.1, -0.05) is 20.8 Å². The van der Waals surface area contributed by atoms with Gasteiger partial charge in [0, 0.05) is 26.3 Å². The van der Waals surface area contributed by atoms with Crippen molar-refractivity contribution in [3.05, 3.63) is 12.0 Å². The molecule has 1 atom stereocenters. The molecular weight excluding hydrogens is 253 g/mol. The molecule has 1 unspecified atom stereocenters. The van der Waals surface area contributed by atoms with Crippen LogP contribution in [0.25, 0.3) is 0 Å². The third-order valence-electron chi connectivity index (χ3n) is 2.97. The van der Waals surface area contributed by atoms with E-state index >= 15 is 0 Å². The third kappa shape index (κ3) is 5.00. The van der Waals surface area contributed by atoms with Gasteiger partial charge in [0.2, 0.25) is 5.91 Å². The molecule has 5 nitrogen and oxygen atoms in total. The van der Waals surface area contributed by atoms with Crippen molar-refractivity contribution in [2.24, 2.45) is 0 Å². The Hall–Kier alpha value is -1.30. The monoisotopic (exact) mass is 279 g/mol. The number of nitrogens with zero attached hydrogens (tertiary/aromatic N) is 2. The number of imidazole rings is 1. The predicted molar refractivity (Wildman–Crippen MR) is 82.1 cm³/mol. The minimum Gasteiger partial charge on any atom is -0.400 e. The van der Waals surface area contributed by atoms with E-state index in [1.54, 1.807) is 6.20 Å². The summed E-state index contributed by atoms with van der Waals surface area (Å²) < 4.78 is 0. The number of hydrogen-bond donors (Lipinski definition) is 2. The Morgan fingerprint density at radius 1 is 1.55 bits per heavy atom. The van der Waals surface area contributed by atoms with Gasteiger partial charge in [0.05, 0.1) is 6.04 Å². The van der Waals surface area contributed by atoms with Crippen LogP contribution >= 0.6 is 0 Å². The number of aliphatic hydroxyl groups excluding tert-OH is 1. The zero-order valence-corrected chi connectivity index (χ0v) is 13.0. The number of H-pyrrole nitrogens is 1. The number of carbonyl (C=O) groups excluding carboxylic acids is 1. The van der Waals surface area contributed by atoms with Gasteiger partial charge in [0.1, 0.15) is 13.7 Å². The standard InChI is InChI=1S/C11H16BN3O.C2H6.CH4O/c1-2-4-10(16)15-6-3-5-8(15)11-13-7-9(12)14-11;2*1-2/h7-8H,2-6H2,1H3,(H,13,14);1-2H3;2H,1H3. The molecule has 2 heterocycles. The predicted octanol–water partition coefficient (Wildman–Crippen LogP) is 1.30. The third-order valence-corrected chi connectivity index (χ3v) is 2.97. The number of rotatable bonds is 3. The molecule has 6 heteroatoms. The van der Waals surface area contributed by atoms with Crippen LogP contribution in [0.4, 0.5) is 0 Å². The van der Waals surface area contributed by atoms with Crippen molar-refractivity contribution in [2.45, 2.75) is 52.5 Å². The molecule has 1 fully saturated rings. The van der Waals surface area contributed by atoms with Crippen LogP contribution in [0, 0.1) is 0 Å². The fourth-order valence-corrected chi connectivity index (χ4v) is 2.23. The van der Waals surface area contributed by atoms with Gasteiger partial charge >= 0.3 is 0 Å². The van der Waals surface area contributed by atoms with Crippen LogP contribution in [-0.4, -0.2) is 47.4 Å². The number of amides is 1. The van der Waals surface area contributed by atoms with Crippen molar-refractivity contribution in [3.8, 4) is 0 Å². The molecule has 2 rings (SSSR count). The van der Waals surface area contributed by atoms with Crippen molar-refractivity contribution in [1.29, 1.82) is 0 Å². The minimum absolute atomic E-state index is 0.0938. The number of aromatic amines is 1. The van der Waals surface area contributed by atoms with Crippen LogP contribution in [0.3, 0.4) is 0 Å². The molecule has 2 radical (unpaired) electrons. The summed E-state index contributed by atoms with van der Waals surface area (Å²) >= 11 is 0. The SMILES string of the molecule is CC.CO.[B]c1cnc(C2CCCN2C(=O)CCC)[nH]1. The van der Waals surface area contributed by atoms with E-state index in [0.717, 1.165) is 38.7 Å². The molecule has 1 aromatic heterocycles. The maximum atomic E-state index is 11.9. The first-order valence-corrected chi connectivity index (χ1v) is 7.27. The number of aromatic nitrogens is 2. The van der Waals surface area contributed by atoms with Crippen molar-refractivity contribution < 1.29 is 9.90 Å². The van der Waals surface area contributed by atoms with Gasteiger partial charge in [-0.2, -0.15) is 0 Å². The molecule has 0 spiro atoms. The van der Waals surface area contributed by atoms with Crippen LogP contribution in [0.15, 0.2) is 6.20 Å². The van der Waals surface area contributed by atoms with E-state index in [4.69, 9.17) is 13.0 Å². The summed E-state index contributed by atoms with van der Waals surface area (Å²) in [4.78, 5) is 21.0. The van der Waals surface area contributed by atoms with Gasteiger partial charge in [0.15, 0.2) is 0 Å². The van der Waals surface area contributed by atoms with Gasteiger partial charge in [-0.3, -0.25) is 4.79 Å². The molecule has 20 heavy (non-hydrogen) atoms. The van der Waals surface area contributed by atoms with E-state index in [-0.39, 0.29) is 11.9 Å². The summed E-state index contributed by atoms with van der Waals surface area (Å²) in [7, 11) is 6.60. The maximum absolute atomic E-state index is 11.9. The van der Waals surface area contributed by atoms with Gasteiger partial charge in [-0.25, -0.2) is 4.98 Å². The highest BCUT2D eigenvalue weighted by molar-refractivity contribution is 6.30. The van der Waals surface area contributed by atoms with E-state index in [1.165, 1.54) is 0 Å². The van der Waals surface area contributed by atoms with Crippen LogP contribution in [0.2, 0.25) is 0 Å². The normalized spacial score (nSPS) is 16.9. The van der Waals surface area contributed by atoms with E-state index in [2.05, 4.69) is 9.97 Å². The summed E-state index contributed by atoms with van der Waals surface area (Å²) in [6, 6.07) is 0.0938. The largest absolute Gasteiger partial charge is 0.400 e. The Labute approximate surface area is 123 Å². The molecule has 2 N–H and O–H groups in total. The highest BCUT2D eigenvalue weighted by atomic mass is 16.2. The first-order chi connectivity index (χ1) is 9.72. The Kier molecular flexibility index (Phi) is 9.81. The van der Waals surface area contributed by atoms with E-state index in [0.29, 0.717) is 12.0 Å². The molecule has 0 saturated carbocycles. The number of nitrogens with one attached hydrogen (secondary N) is 1. The number of aliphatic hydroxyl groups is 1. The Bertz CT molecular complexity index is 382. The van der Waals surface area contributed by atoms with Crippen molar-refractivity contribution >= 4 is 19.3 Å². The van der Waals surface area contributed by atoms with Crippen LogP contribution < -0.4 is 5.59 Å². The summed E-state index contributed by atoms with van der Waals surface area (Å²) in [5.74, 6) is 1.04. The number of likely N-dealkylation sites (tertiary alicyclic amines) is 1. The minimum atomic E-state index is 0.0938. The van der Waals surface area contributed by atoms with Gasteiger partial charge in [-0.05, 0) is 24.9 Å². The Morgan fingerprint density at radius 2 is 2.20 bits per heavy atom. The molecule has 1 saturated heterocycles. The molecule has 0 aliphatic carbocycles. The average Bonchev–Trinajstić information content (AvgIpc) is 3.12. The summed E-state index contributed by atoms with van der Waals surface area (Å²) in [5, 5.41) is 7.00. The van der Waals surface area contributed by atoms with E-state index in [9.17, 15) is 4.79 Å². The second-order valence-electron chi connectivity index (χ2n) is 4.22. The maximum Gasteiger partial charge on any atom is 0.223 e. The van der Waals surface area contributed by atoms with Crippen LogP contribution in [0.5, 0.6) is 0 Å². The van der Waals surface area contributed by atoms with Gasteiger partial charge in [0.25, 0.3) is 0 Å². The molecule has 0 aromatic carbocycles. The average molecular weight is 279 g/mol. The molecular formula is C14H26BN3O2. The molecule has 0 bridgehead atoms. The molecule has 1 aliphatic rings. The van der Waals surface area contributed by atoms with Crippen LogP contribution in [-0.2, 0) is 4.79 Å². The summed E-state index contributed by atoms with van der Waals surface area (Å²) in [6.45, 7) is 6.86. The topological polar surface area (TPSA) is 69.2 Å². The molecule has 112 valence electrons. The lowest BCUT2D eigenvalue weighted by molar-refractivity contribution is -0.132. The van der Waals surface area contributed by atoms with E-state index < -0.39 is 0 Å². The van der Waals surface area contributed by atoms with E-state index in [1.807, 2.05) is 25.7 Å². The lowest BCUT2D eigenvalue weighted by Gasteiger charge is -2.23. The van der Waals surface area contributed by atoms with Crippen molar-refractivity contribution in [1.82, 2.24) is 14.9 Å². The number of hydrogen-bond acceptors (Lipinski definition) is 3. The first kappa shape index (κ1) is 18.7. The number of carbonyl (C=O) groups is 1. The van der Waals surface area contributed by atoms with Crippen molar-refractivity contribution in [3.63, 3.8) is 0 Å². The van der Waals surface area contributed by atoms with Gasteiger partial charge < -0.3 is 15.0 Å². The molecule has 1 aliphatic heterocycles. The highest BCUT2D eigenvalue weighted by Gasteiger charge is 2.30. The zero-order chi connectivity index (χ0) is 15.5. The quantitative estimate of drug-likeness (QED) is 0.819. The molecule has 1 amide bonds. The molecule has 1 aromatic rings. The lowest BCUT2D eigenvalue weighted by Crippen LogP contribution is -2.30.